The molecule has 2 N–H and O–H groups in total. The largest absolute Gasteiger partial charge is 0.491 e. The third-order valence-electron chi connectivity index (χ3n) is 5.96. The normalized spacial score (nSPS) is 22.7. The number of hydrogen-bond donors (Lipinski definition) is 2. The Morgan fingerprint density at radius 1 is 1.26 bits per heavy atom. The molecule has 4 rings (SSSR count). The van der Waals surface area contributed by atoms with Crippen LogP contribution in [0.15, 0.2) is 24.3 Å². The van der Waals surface area contributed by atoms with Crippen LogP contribution < -0.4 is 10.1 Å². The molecule has 0 spiro atoms. The van der Waals surface area contributed by atoms with E-state index in [4.69, 9.17) is 9.47 Å². The van der Waals surface area contributed by atoms with E-state index >= 15 is 0 Å². The van der Waals surface area contributed by atoms with Crippen molar-refractivity contribution in [1.82, 2.24) is 25.4 Å². The smallest absolute Gasteiger partial charge is 0.223 e. The molecule has 1 amide bonds. The summed E-state index contributed by atoms with van der Waals surface area (Å²) < 4.78 is 11.1. The van der Waals surface area contributed by atoms with Crippen LogP contribution in [0.25, 0.3) is 0 Å². The van der Waals surface area contributed by atoms with E-state index in [9.17, 15) is 4.79 Å². The molecule has 1 aromatic carbocycles. The summed E-state index contributed by atoms with van der Waals surface area (Å²) in [4.78, 5) is 19.8. The van der Waals surface area contributed by atoms with Crippen LogP contribution in [0, 0.1) is 12.8 Å². The fourth-order valence-electron chi connectivity index (χ4n) is 4.41. The Labute approximate surface area is 183 Å². The molecule has 3 heterocycles. The minimum absolute atomic E-state index is 0.00547. The quantitative estimate of drug-likeness (QED) is 0.705. The van der Waals surface area contributed by atoms with Crippen LogP contribution in [0.3, 0.4) is 0 Å². The molecule has 0 saturated carbocycles. The first-order chi connectivity index (χ1) is 15.0. The number of hydrogen-bond acceptors (Lipinski definition) is 6. The first-order valence-electron chi connectivity index (χ1n) is 11.2. The van der Waals surface area contributed by atoms with Crippen LogP contribution in [-0.4, -0.2) is 64.4 Å². The summed E-state index contributed by atoms with van der Waals surface area (Å²) >= 11 is 0. The lowest BCUT2D eigenvalue weighted by Gasteiger charge is -2.25. The van der Waals surface area contributed by atoms with Crippen molar-refractivity contribution >= 4 is 5.91 Å². The van der Waals surface area contributed by atoms with Gasteiger partial charge in [-0.3, -0.25) is 14.8 Å². The molecule has 0 unspecified atom stereocenters. The van der Waals surface area contributed by atoms with Gasteiger partial charge in [0.25, 0.3) is 0 Å². The number of aryl methyl sites for hydroxylation is 1. The first-order valence-corrected chi connectivity index (χ1v) is 11.2. The van der Waals surface area contributed by atoms with Crippen LogP contribution in [0.5, 0.6) is 5.75 Å². The molecular formula is C23H33N5O3. The highest BCUT2D eigenvalue weighted by atomic mass is 16.5. The zero-order chi connectivity index (χ0) is 21.8. The molecule has 2 aliphatic heterocycles. The van der Waals surface area contributed by atoms with Crippen molar-refractivity contribution in [2.75, 3.05) is 26.3 Å². The van der Waals surface area contributed by atoms with Gasteiger partial charge in [0.1, 0.15) is 11.6 Å². The number of aromatic amines is 1. The maximum Gasteiger partial charge on any atom is 0.223 e. The first kappa shape index (κ1) is 21.8. The van der Waals surface area contributed by atoms with E-state index in [1.165, 1.54) is 5.56 Å². The number of carbonyl (C=O) groups is 1. The van der Waals surface area contributed by atoms with Gasteiger partial charge in [0, 0.05) is 38.8 Å². The van der Waals surface area contributed by atoms with Gasteiger partial charge in [-0.2, -0.15) is 5.10 Å². The minimum atomic E-state index is -0.00547. The summed E-state index contributed by atoms with van der Waals surface area (Å²) in [5, 5.41) is 10.6. The Morgan fingerprint density at radius 3 is 2.65 bits per heavy atom. The van der Waals surface area contributed by atoms with Crippen molar-refractivity contribution in [3.8, 4) is 5.75 Å². The second-order valence-electron chi connectivity index (χ2n) is 8.89. The standard InChI is InChI=1S/C23H33N5O3/c1-15(2)31-19-6-4-17(5-7-19)12-28-13-20(22-24-16(3)26-27-22)21(14-28)25-23(29)18-8-10-30-11-9-18/h4-7,15,18,20-21H,8-14H2,1-3H3,(H,25,29)(H,24,26,27)/t20-,21-/m1/s1. The number of carbonyl (C=O) groups excluding carboxylic acids is 1. The number of amides is 1. The van der Waals surface area contributed by atoms with Gasteiger partial charge in [0.05, 0.1) is 18.1 Å². The number of rotatable bonds is 7. The van der Waals surface area contributed by atoms with E-state index in [0.29, 0.717) is 13.2 Å². The molecule has 8 heteroatoms. The molecule has 2 aromatic rings. The number of likely N-dealkylation sites (tertiary alicyclic amines) is 1. The Balaban J connectivity index is 1.43. The SMILES string of the molecule is Cc1nc([C@@H]2CN(Cc3ccc(OC(C)C)cc3)C[C@H]2NC(=O)C2CCOCC2)n[nH]1. The van der Waals surface area contributed by atoms with Crippen LogP contribution >= 0.6 is 0 Å². The van der Waals surface area contributed by atoms with Gasteiger partial charge in [-0.05, 0) is 51.3 Å². The second-order valence-corrected chi connectivity index (χ2v) is 8.89. The average molecular weight is 428 g/mol. The van der Waals surface area contributed by atoms with Crippen LogP contribution in [0.4, 0.5) is 0 Å². The Morgan fingerprint density at radius 2 is 2.00 bits per heavy atom. The number of nitrogens with one attached hydrogen (secondary N) is 2. The minimum Gasteiger partial charge on any atom is -0.491 e. The third kappa shape index (κ3) is 5.62. The monoisotopic (exact) mass is 427 g/mol. The highest BCUT2D eigenvalue weighted by Crippen LogP contribution is 2.28. The highest BCUT2D eigenvalue weighted by Gasteiger charge is 2.38. The average Bonchev–Trinajstić information content (AvgIpc) is 3.35. The van der Waals surface area contributed by atoms with E-state index in [1.807, 2.05) is 32.9 Å². The summed E-state index contributed by atoms with van der Waals surface area (Å²) in [5.41, 5.74) is 1.22. The van der Waals surface area contributed by atoms with Gasteiger partial charge in [-0.25, -0.2) is 4.98 Å². The van der Waals surface area contributed by atoms with Gasteiger partial charge in [-0.1, -0.05) is 12.1 Å². The Kier molecular flexibility index (Phi) is 6.87. The molecule has 2 fully saturated rings. The number of nitrogens with zero attached hydrogens (tertiary/aromatic N) is 3. The van der Waals surface area contributed by atoms with E-state index in [2.05, 4.69) is 37.5 Å². The number of ether oxygens (including phenoxy) is 2. The Hall–Kier alpha value is -2.45. The molecule has 8 nitrogen and oxygen atoms in total. The van der Waals surface area contributed by atoms with Crippen LogP contribution in [-0.2, 0) is 16.1 Å². The summed E-state index contributed by atoms with van der Waals surface area (Å²) in [6.45, 7) is 9.67. The van der Waals surface area contributed by atoms with E-state index < -0.39 is 0 Å². The van der Waals surface area contributed by atoms with Crippen LogP contribution in [0.2, 0.25) is 0 Å². The molecule has 2 saturated heterocycles. The van der Waals surface area contributed by atoms with Crippen molar-refractivity contribution in [2.24, 2.45) is 5.92 Å². The summed E-state index contributed by atoms with van der Waals surface area (Å²) in [6.07, 6.45) is 1.74. The molecule has 1 aromatic heterocycles. The predicted octanol–water partition coefficient (Wildman–Crippen LogP) is 2.41. The lowest BCUT2D eigenvalue weighted by molar-refractivity contribution is -0.128. The summed E-state index contributed by atoms with van der Waals surface area (Å²) in [6, 6.07) is 8.25. The predicted molar refractivity (Wildman–Crippen MR) is 117 cm³/mol. The third-order valence-corrected chi connectivity index (χ3v) is 5.96. The lowest BCUT2D eigenvalue weighted by Crippen LogP contribution is -2.44. The van der Waals surface area contributed by atoms with Crippen molar-refractivity contribution < 1.29 is 14.3 Å². The second kappa shape index (κ2) is 9.78. The van der Waals surface area contributed by atoms with Gasteiger partial charge in [-0.15, -0.1) is 0 Å². The molecular weight excluding hydrogens is 394 g/mol. The molecule has 168 valence electrons. The van der Waals surface area contributed by atoms with E-state index in [-0.39, 0.29) is 29.9 Å². The van der Waals surface area contributed by atoms with Crippen molar-refractivity contribution in [3.63, 3.8) is 0 Å². The van der Waals surface area contributed by atoms with E-state index in [1.54, 1.807) is 0 Å². The maximum atomic E-state index is 12.9. The van der Waals surface area contributed by atoms with Crippen molar-refractivity contribution in [1.29, 1.82) is 0 Å². The number of H-pyrrole nitrogens is 1. The number of benzene rings is 1. The zero-order valence-corrected chi connectivity index (χ0v) is 18.6. The van der Waals surface area contributed by atoms with E-state index in [0.717, 1.165) is 49.9 Å². The Bertz CT molecular complexity index is 860. The maximum absolute atomic E-state index is 12.9. The fourth-order valence-corrected chi connectivity index (χ4v) is 4.41. The lowest BCUT2D eigenvalue weighted by atomic mass is 9.97. The molecule has 0 radical (unpaired) electrons. The van der Waals surface area contributed by atoms with Gasteiger partial charge in [0.15, 0.2) is 5.82 Å². The van der Waals surface area contributed by atoms with Crippen LogP contribution in [0.1, 0.15) is 49.8 Å². The fraction of sp³-hybridized carbons (Fsp3) is 0.609. The topological polar surface area (TPSA) is 92.4 Å². The molecule has 2 atom stereocenters. The van der Waals surface area contributed by atoms with Crippen molar-refractivity contribution in [2.45, 2.75) is 58.2 Å². The molecule has 0 aliphatic carbocycles. The van der Waals surface area contributed by atoms with Crippen molar-refractivity contribution in [3.05, 3.63) is 41.5 Å². The molecule has 31 heavy (non-hydrogen) atoms. The highest BCUT2D eigenvalue weighted by molar-refractivity contribution is 5.79. The molecule has 0 bridgehead atoms. The molecule has 2 aliphatic rings. The number of aromatic nitrogens is 3. The summed E-state index contributed by atoms with van der Waals surface area (Å²) in [7, 11) is 0. The summed E-state index contributed by atoms with van der Waals surface area (Å²) in [5.74, 6) is 2.68. The van der Waals surface area contributed by atoms with Gasteiger partial charge >= 0.3 is 0 Å². The van der Waals surface area contributed by atoms with Gasteiger partial charge < -0.3 is 14.8 Å². The zero-order valence-electron chi connectivity index (χ0n) is 18.6. The van der Waals surface area contributed by atoms with Gasteiger partial charge in [0.2, 0.25) is 5.91 Å².